The summed E-state index contributed by atoms with van der Waals surface area (Å²) < 4.78 is 7.36. The van der Waals surface area contributed by atoms with E-state index >= 15 is 0 Å². The number of morpholine rings is 1. The van der Waals surface area contributed by atoms with Crippen LogP contribution in [0.1, 0.15) is 40.3 Å². The number of ether oxygens (including phenoxy) is 1. The Kier molecular flexibility index (Phi) is 5.13. The molecule has 1 N–H and O–H groups in total. The van der Waals surface area contributed by atoms with Gasteiger partial charge in [0.05, 0.1) is 24.8 Å². The third kappa shape index (κ3) is 3.24. The highest BCUT2D eigenvalue weighted by molar-refractivity contribution is 5.98. The van der Waals surface area contributed by atoms with Crippen LogP contribution >= 0.6 is 0 Å². The maximum absolute atomic E-state index is 13.1. The van der Waals surface area contributed by atoms with Gasteiger partial charge in [0, 0.05) is 17.9 Å². The van der Waals surface area contributed by atoms with E-state index in [-0.39, 0.29) is 25.1 Å². The monoisotopic (exact) mass is 356 g/mol. The molecule has 1 aliphatic rings. The fraction of sp³-hybridized carbons (Fsp3) is 0.400. The molecule has 0 radical (unpaired) electrons. The first-order valence-corrected chi connectivity index (χ1v) is 8.76. The molecule has 6 heteroatoms. The number of nitrogens with zero attached hydrogens (tertiary/aromatic N) is 2. The minimum absolute atomic E-state index is 0.0280. The number of hydrogen-bond donors (Lipinski definition) is 1. The zero-order chi connectivity index (χ0) is 18.8. The number of aryl methyl sites for hydroxylation is 1. The summed E-state index contributed by atoms with van der Waals surface area (Å²) in [6.45, 7) is 6.65. The first-order valence-electron chi connectivity index (χ1n) is 8.76. The molecule has 0 aliphatic carbocycles. The molecule has 1 fully saturated rings. The minimum atomic E-state index is -1.04. The molecule has 3 rings (SSSR count). The van der Waals surface area contributed by atoms with E-state index in [2.05, 4.69) is 23.6 Å². The van der Waals surface area contributed by atoms with Crippen LogP contribution in [0, 0.1) is 13.8 Å². The molecular formula is C20H24N2O4. The number of carboxylic acid groups (broad SMARTS) is 1. The Morgan fingerprint density at radius 2 is 1.92 bits per heavy atom. The zero-order valence-corrected chi connectivity index (χ0v) is 15.3. The fourth-order valence-corrected chi connectivity index (χ4v) is 3.68. The molecule has 2 atom stereocenters. The molecule has 1 aliphatic heterocycles. The van der Waals surface area contributed by atoms with Crippen LogP contribution in [0.25, 0.3) is 0 Å². The normalized spacial score (nSPS) is 18.6. The van der Waals surface area contributed by atoms with Gasteiger partial charge in [-0.15, -0.1) is 0 Å². The summed E-state index contributed by atoms with van der Waals surface area (Å²) in [5.41, 5.74) is 3.53. The van der Waals surface area contributed by atoms with Gasteiger partial charge in [-0.25, -0.2) is 4.79 Å². The Morgan fingerprint density at radius 3 is 2.58 bits per heavy atom. The molecule has 1 amide bonds. The third-order valence-corrected chi connectivity index (χ3v) is 5.06. The van der Waals surface area contributed by atoms with Crippen molar-refractivity contribution in [2.75, 3.05) is 19.8 Å². The lowest BCUT2D eigenvalue weighted by atomic mass is 10.1. The highest BCUT2D eigenvalue weighted by Gasteiger charge is 2.34. The number of amides is 1. The van der Waals surface area contributed by atoms with Crippen LogP contribution in [0.3, 0.4) is 0 Å². The quantitative estimate of drug-likeness (QED) is 0.914. The molecular weight excluding hydrogens is 332 g/mol. The SMILES string of the molecule is Cc1cc(C(=O)N2CCOCC2C(=O)O)c(C)n1C(C)c1ccccc1. The summed E-state index contributed by atoms with van der Waals surface area (Å²) in [5, 5.41) is 9.39. The van der Waals surface area contributed by atoms with E-state index in [1.54, 1.807) is 0 Å². The molecule has 2 unspecified atom stereocenters. The van der Waals surface area contributed by atoms with E-state index in [1.807, 2.05) is 38.1 Å². The van der Waals surface area contributed by atoms with E-state index in [1.165, 1.54) is 4.90 Å². The van der Waals surface area contributed by atoms with Gasteiger partial charge >= 0.3 is 5.97 Å². The van der Waals surface area contributed by atoms with Crippen molar-refractivity contribution in [1.82, 2.24) is 9.47 Å². The van der Waals surface area contributed by atoms with Crippen LogP contribution in [0.15, 0.2) is 36.4 Å². The third-order valence-electron chi connectivity index (χ3n) is 5.06. The molecule has 1 aromatic heterocycles. The van der Waals surface area contributed by atoms with Gasteiger partial charge in [0.2, 0.25) is 0 Å². The van der Waals surface area contributed by atoms with Gasteiger partial charge in [-0.05, 0) is 32.4 Å². The van der Waals surface area contributed by atoms with Crippen molar-refractivity contribution in [3.63, 3.8) is 0 Å². The summed E-state index contributed by atoms with van der Waals surface area (Å²) in [7, 11) is 0. The van der Waals surface area contributed by atoms with Gasteiger partial charge in [0.15, 0.2) is 6.04 Å². The average molecular weight is 356 g/mol. The van der Waals surface area contributed by atoms with Crippen molar-refractivity contribution >= 4 is 11.9 Å². The predicted molar refractivity (Wildman–Crippen MR) is 97.4 cm³/mol. The van der Waals surface area contributed by atoms with E-state index in [9.17, 15) is 14.7 Å². The molecule has 1 saturated heterocycles. The fourth-order valence-electron chi connectivity index (χ4n) is 3.68. The molecule has 6 nitrogen and oxygen atoms in total. The maximum Gasteiger partial charge on any atom is 0.328 e. The van der Waals surface area contributed by atoms with Crippen molar-refractivity contribution in [2.24, 2.45) is 0 Å². The number of carbonyl (C=O) groups excluding carboxylic acids is 1. The van der Waals surface area contributed by atoms with Crippen molar-refractivity contribution in [1.29, 1.82) is 0 Å². The predicted octanol–water partition coefficient (Wildman–Crippen LogP) is 2.64. The number of aromatic nitrogens is 1. The zero-order valence-electron chi connectivity index (χ0n) is 15.3. The largest absolute Gasteiger partial charge is 0.480 e. The molecule has 1 aromatic carbocycles. The van der Waals surface area contributed by atoms with Crippen LogP contribution in [0.5, 0.6) is 0 Å². The number of benzene rings is 1. The lowest BCUT2D eigenvalue weighted by Crippen LogP contribution is -2.52. The molecule has 26 heavy (non-hydrogen) atoms. The number of rotatable bonds is 4. The Labute approximate surface area is 153 Å². The minimum Gasteiger partial charge on any atom is -0.480 e. The molecule has 0 bridgehead atoms. The van der Waals surface area contributed by atoms with Crippen LogP contribution in [-0.2, 0) is 9.53 Å². The first kappa shape index (κ1) is 18.2. The Hall–Kier alpha value is -2.60. The summed E-state index contributed by atoms with van der Waals surface area (Å²) in [5.74, 6) is -1.29. The standard InChI is InChI=1S/C20H24N2O4/c1-13-11-17(19(23)21-9-10-26-12-18(21)20(24)25)15(3)22(13)14(2)16-7-5-4-6-8-16/h4-8,11,14,18H,9-10,12H2,1-3H3,(H,24,25). The van der Waals surface area contributed by atoms with Crippen molar-refractivity contribution in [3.8, 4) is 0 Å². The molecule has 138 valence electrons. The van der Waals surface area contributed by atoms with E-state index in [4.69, 9.17) is 4.74 Å². The van der Waals surface area contributed by atoms with Crippen LogP contribution < -0.4 is 0 Å². The second-order valence-electron chi connectivity index (χ2n) is 6.67. The summed E-state index contributed by atoms with van der Waals surface area (Å²) in [6.07, 6.45) is 0. The Morgan fingerprint density at radius 1 is 1.23 bits per heavy atom. The number of carbonyl (C=O) groups is 2. The highest BCUT2D eigenvalue weighted by Crippen LogP contribution is 2.27. The second-order valence-corrected chi connectivity index (χ2v) is 6.67. The smallest absolute Gasteiger partial charge is 0.328 e. The lowest BCUT2D eigenvalue weighted by molar-refractivity contribution is -0.147. The van der Waals surface area contributed by atoms with E-state index < -0.39 is 12.0 Å². The van der Waals surface area contributed by atoms with E-state index in [0.29, 0.717) is 12.2 Å². The highest BCUT2D eigenvalue weighted by atomic mass is 16.5. The van der Waals surface area contributed by atoms with E-state index in [0.717, 1.165) is 17.0 Å². The molecule has 0 spiro atoms. The molecule has 0 saturated carbocycles. The molecule has 2 heterocycles. The van der Waals surface area contributed by atoms with Gasteiger partial charge in [-0.1, -0.05) is 30.3 Å². The van der Waals surface area contributed by atoms with Crippen molar-refractivity contribution < 1.29 is 19.4 Å². The summed E-state index contributed by atoms with van der Waals surface area (Å²) in [4.78, 5) is 25.9. The number of hydrogen-bond acceptors (Lipinski definition) is 3. The Balaban J connectivity index is 1.94. The van der Waals surface area contributed by atoms with Crippen LogP contribution in [0.4, 0.5) is 0 Å². The van der Waals surface area contributed by atoms with Crippen molar-refractivity contribution in [2.45, 2.75) is 32.9 Å². The van der Waals surface area contributed by atoms with Gasteiger partial charge in [0.25, 0.3) is 5.91 Å². The summed E-state index contributed by atoms with van der Waals surface area (Å²) in [6, 6.07) is 11.1. The number of carboxylic acids is 1. The molecule has 2 aromatic rings. The lowest BCUT2D eigenvalue weighted by Gasteiger charge is -2.33. The van der Waals surface area contributed by atoms with Gasteiger partial charge in [-0.3, -0.25) is 4.79 Å². The topological polar surface area (TPSA) is 71.8 Å². The first-order chi connectivity index (χ1) is 12.4. The number of aliphatic carboxylic acids is 1. The van der Waals surface area contributed by atoms with Crippen LogP contribution in [0.2, 0.25) is 0 Å². The van der Waals surface area contributed by atoms with Gasteiger partial charge in [0.1, 0.15) is 0 Å². The van der Waals surface area contributed by atoms with Crippen LogP contribution in [-0.4, -0.2) is 52.3 Å². The second kappa shape index (κ2) is 7.33. The Bertz CT molecular complexity index is 813. The van der Waals surface area contributed by atoms with Gasteiger partial charge < -0.3 is 19.3 Å². The average Bonchev–Trinajstić information content (AvgIpc) is 2.95. The maximum atomic E-state index is 13.1. The van der Waals surface area contributed by atoms with Crippen molar-refractivity contribution in [3.05, 3.63) is 58.9 Å². The van der Waals surface area contributed by atoms with Gasteiger partial charge in [-0.2, -0.15) is 0 Å². The summed E-state index contributed by atoms with van der Waals surface area (Å²) >= 11 is 0.